The largest absolute Gasteiger partial charge is 0.345 e. The van der Waals surface area contributed by atoms with Gasteiger partial charge >= 0.3 is 5.69 Å². The Labute approximate surface area is 109 Å². The Bertz CT molecular complexity index is 630. The highest BCUT2D eigenvalue weighted by Crippen LogP contribution is 2.13. The molecule has 2 rings (SSSR count). The van der Waals surface area contributed by atoms with Crippen LogP contribution in [0.15, 0.2) is 17.2 Å². The van der Waals surface area contributed by atoms with E-state index in [-0.39, 0.29) is 18.0 Å². The molecule has 102 valence electrons. The van der Waals surface area contributed by atoms with Crippen LogP contribution in [0.5, 0.6) is 0 Å². The lowest BCUT2D eigenvalue weighted by Crippen LogP contribution is -2.24. The number of nitrogens with zero attached hydrogens (tertiary/aromatic N) is 3. The standard InChI is InChI=1S/C11H16N6O2/c1-11(2,3)17-6-7(4-13-17)9(18)12-5-8-14-10(19)16-15-8/h4,6H,5H2,1-3H3,(H,12,18)(H2,14,15,16,19). The zero-order valence-electron chi connectivity index (χ0n) is 11.0. The van der Waals surface area contributed by atoms with Gasteiger partial charge in [0, 0.05) is 6.20 Å². The van der Waals surface area contributed by atoms with Gasteiger partial charge in [-0.25, -0.2) is 9.89 Å². The number of carbonyl (C=O) groups is 1. The molecule has 8 heteroatoms. The molecule has 0 bridgehead atoms. The second kappa shape index (κ2) is 4.71. The number of nitrogens with one attached hydrogen (secondary N) is 3. The van der Waals surface area contributed by atoms with Crippen molar-refractivity contribution in [2.75, 3.05) is 0 Å². The minimum atomic E-state index is -0.398. The molecule has 0 atom stereocenters. The third-order valence-electron chi connectivity index (χ3n) is 2.50. The molecular weight excluding hydrogens is 248 g/mol. The van der Waals surface area contributed by atoms with Gasteiger partial charge in [0.1, 0.15) is 5.82 Å². The van der Waals surface area contributed by atoms with Crippen molar-refractivity contribution in [3.05, 3.63) is 34.3 Å². The molecule has 2 heterocycles. The second-order valence-corrected chi connectivity index (χ2v) is 5.15. The SMILES string of the molecule is CC(C)(C)n1cc(C(=O)NCc2n[nH]c(=O)[nH]2)cn1. The molecule has 0 aromatic carbocycles. The first-order chi connectivity index (χ1) is 8.86. The van der Waals surface area contributed by atoms with Crippen LogP contribution in [0.25, 0.3) is 0 Å². The van der Waals surface area contributed by atoms with Crippen molar-refractivity contribution in [1.29, 1.82) is 0 Å². The molecule has 0 aliphatic carbocycles. The van der Waals surface area contributed by atoms with Crippen LogP contribution >= 0.6 is 0 Å². The maximum atomic E-state index is 11.9. The van der Waals surface area contributed by atoms with E-state index in [1.165, 1.54) is 6.20 Å². The zero-order valence-corrected chi connectivity index (χ0v) is 11.0. The molecule has 0 aliphatic rings. The zero-order chi connectivity index (χ0) is 14.0. The molecule has 19 heavy (non-hydrogen) atoms. The molecule has 0 saturated carbocycles. The third kappa shape index (κ3) is 3.09. The van der Waals surface area contributed by atoms with Crippen LogP contribution < -0.4 is 11.0 Å². The average Bonchev–Trinajstić information content (AvgIpc) is 2.93. The van der Waals surface area contributed by atoms with Gasteiger partial charge < -0.3 is 5.32 Å². The number of aromatic amines is 2. The number of hydrogen-bond acceptors (Lipinski definition) is 4. The summed E-state index contributed by atoms with van der Waals surface area (Å²) in [6.07, 6.45) is 3.19. The molecule has 0 spiro atoms. The van der Waals surface area contributed by atoms with Crippen LogP contribution in [-0.4, -0.2) is 30.9 Å². The van der Waals surface area contributed by atoms with E-state index in [1.54, 1.807) is 10.9 Å². The topological polar surface area (TPSA) is 108 Å². The lowest BCUT2D eigenvalue weighted by Gasteiger charge is -2.18. The Morgan fingerprint density at radius 2 is 2.21 bits per heavy atom. The molecule has 0 unspecified atom stereocenters. The molecular formula is C11H16N6O2. The van der Waals surface area contributed by atoms with Crippen molar-refractivity contribution in [3.8, 4) is 0 Å². The highest BCUT2D eigenvalue weighted by Gasteiger charge is 2.16. The van der Waals surface area contributed by atoms with E-state index in [0.717, 1.165) is 0 Å². The predicted octanol–water partition coefficient (Wildman–Crippen LogP) is -0.0205. The van der Waals surface area contributed by atoms with E-state index >= 15 is 0 Å². The Balaban J connectivity index is 2.00. The minimum Gasteiger partial charge on any atom is -0.345 e. The summed E-state index contributed by atoms with van der Waals surface area (Å²) < 4.78 is 1.72. The monoisotopic (exact) mass is 264 g/mol. The van der Waals surface area contributed by atoms with Crippen molar-refractivity contribution >= 4 is 5.91 Å². The molecule has 0 fully saturated rings. The van der Waals surface area contributed by atoms with E-state index in [2.05, 4.69) is 25.6 Å². The molecule has 1 amide bonds. The van der Waals surface area contributed by atoms with E-state index in [1.807, 2.05) is 20.8 Å². The Hall–Kier alpha value is -2.38. The quantitative estimate of drug-likeness (QED) is 0.723. The maximum absolute atomic E-state index is 11.9. The first kappa shape index (κ1) is 13.1. The molecule has 8 nitrogen and oxygen atoms in total. The Kier molecular flexibility index (Phi) is 3.24. The maximum Gasteiger partial charge on any atom is 0.340 e. The number of hydrogen-bond donors (Lipinski definition) is 3. The first-order valence-electron chi connectivity index (χ1n) is 5.83. The van der Waals surface area contributed by atoms with E-state index in [4.69, 9.17) is 0 Å². The van der Waals surface area contributed by atoms with E-state index in [9.17, 15) is 9.59 Å². The normalized spacial score (nSPS) is 11.5. The molecule has 2 aromatic heterocycles. The highest BCUT2D eigenvalue weighted by atomic mass is 16.2. The van der Waals surface area contributed by atoms with Gasteiger partial charge in [0.25, 0.3) is 5.91 Å². The van der Waals surface area contributed by atoms with Crippen molar-refractivity contribution in [2.45, 2.75) is 32.9 Å². The summed E-state index contributed by atoms with van der Waals surface area (Å²) in [6, 6.07) is 0. The summed E-state index contributed by atoms with van der Waals surface area (Å²) in [6.45, 7) is 6.14. The van der Waals surface area contributed by atoms with Crippen LogP contribution in [0.1, 0.15) is 37.0 Å². The summed E-state index contributed by atoms with van der Waals surface area (Å²) >= 11 is 0. The van der Waals surface area contributed by atoms with Crippen molar-refractivity contribution in [2.24, 2.45) is 0 Å². The fraction of sp³-hybridized carbons (Fsp3) is 0.455. The predicted molar refractivity (Wildman–Crippen MR) is 67.6 cm³/mol. The van der Waals surface area contributed by atoms with Gasteiger partial charge in [-0.15, -0.1) is 0 Å². The summed E-state index contributed by atoms with van der Waals surface area (Å²) in [7, 11) is 0. The van der Waals surface area contributed by atoms with Crippen molar-refractivity contribution in [1.82, 2.24) is 30.3 Å². The van der Waals surface area contributed by atoms with Gasteiger partial charge in [-0.05, 0) is 20.8 Å². The van der Waals surface area contributed by atoms with Gasteiger partial charge in [-0.1, -0.05) is 0 Å². The fourth-order valence-electron chi connectivity index (χ4n) is 1.46. The van der Waals surface area contributed by atoms with Crippen molar-refractivity contribution in [3.63, 3.8) is 0 Å². The van der Waals surface area contributed by atoms with Gasteiger partial charge in [-0.3, -0.25) is 14.5 Å². The summed E-state index contributed by atoms with van der Waals surface area (Å²) in [5.41, 5.74) is -0.107. The van der Waals surface area contributed by atoms with E-state index < -0.39 is 5.69 Å². The fourth-order valence-corrected chi connectivity index (χ4v) is 1.46. The summed E-state index contributed by atoms with van der Waals surface area (Å²) in [4.78, 5) is 25.1. The van der Waals surface area contributed by atoms with Crippen LogP contribution in [0.3, 0.4) is 0 Å². The van der Waals surface area contributed by atoms with Crippen LogP contribution in [0.2, 0.25) is 0 Å². The average molecular weight is 264 g/mol. The number of rotatable bonds is 3. The number of carbonyl (C=O) groups excluding carboxylic acids is 1. The number of aromatic nitrogens is 5. The second-order valence-electron chi connectivity index (χ2n) is 5.15. The van der Waals surface area contributed by atoms with Crippen LogP contribution in [0.4, 0.5) is 0 Å². The van der Waals surface area contributed by atoms with E-state index in [0.29, 0.717) is 11.4 Å². The van der Waals surface area contributed by atoms with Crippen LogP contribution in [0, 0.1) is 0 Å². The lowest BCUT2D eigenvalue weighted by molar-refractivity contribution is 0.0949. The first-order valence-corrected chi connectivity index (χ1v) is 5.83. The molecule has 3 N–H and O–H groups in total. The molecule has 0 saturated heterocycles. The van der Waals surface area contributed by atoms with Crippen molar-refractivity contribution < 1.29 is 4.79 Å². The number of H-pyrrole nitrogens is 2. The summed E-state index contributed by atoms with van der Waals surface area (Å²) in [5.74, 6) is 0.112. The lowest BCUT2D eigenvalue weighted by atomic mass is 10.1. The minimum absolute atomic E-state index is 0.151. The molecule has 2 aromatic rings. The third-order valence-corrected chi connectivity index (χ3v) is 2.50. The summed E-state index contributed by atoms with van der Waals surface area (Å²) in [5, 5.41) is 12.7. The van der Waals surface area contributed by atoms with Gasteiger partial charge in [-0.2, -0.15) is 10.2 Å². The Morgan fingerprint density at radius 1 is 1.47 bits per heavy atom. The van der Waals surface area contributed by atoms with Crippen LogP contribution in [-0.2, 0) is 12.1 Å². The van der Waals surface area contributed by atoms with Gasteiger partial charge in [0.15, 0.2) is 0 Å². The van der Waals surface area contributed by atoms with Gasteiger partial charge in [0.2, 0.25) is 0 Å². The smallest absolute Gasteiger partial charge is 0.340 e. The molecule has 0 aliphatic heterocycles. The number of amides is 1. The van der Waals surface area contributed by atoms with Gasteiger partial charge in [0.05, 0.1) is 23.8 Å². The molecule has 0 radical (unpaired) electrons. The highest BCUT2D eigenvalue weighted by molar-refractivity contribution is 5.93. The Morgan fingerprint density at radius 3 is 2.74 bits per heavy atom.